The molecule has 1 saturated heterocycles. The first-order valence-corrected chi connectivity index (χ1v) is 7.07. The highest BCUT2D eigenvalue weighted by molar-refractivity contribution is 8.00. The van der Waals surface area contributed by atoms with Crippen LogP contribution in [0.4, 0.5) is 0 Å². The normalized spacial score (nSPS) is 13.9. The molecule has 4 nitrogen and oxygen atoms in total. The van der Waals surface area contributed by atoms with Crippen LogP contribution in [0.3, 0.4) is 0 Å². The number of carbonyl (C=O) groups excluding carboxylic acids is 2. The molecule has 1 aromatic rings. The monoisotopic (exact) mass is 274 g/mol. The van der Waals surface area contributed by atoms with Gasteiger partial charge in [0.2, 0.25) is 11.8 Å². The molecule has 98 valence electrons. The zero-order valence-corrected chi connectivity index (χ0v) is 11.2. The van der Waals surface area contributed by atoms with Crippen molar-refractivity contribution in [3.05, 3.63) is 35.9 Å². The Morgan fingerprint density at radius 2 is 2.16 bits per heavy atom. The predicted octanol–water partition coefficient (Wildman–Crippen LogP) is 0.687. The minimum Gasteiger partial charge on any atom is -0.344 e. The van der Waals surface area contributed by atoms with Crippen molar-refractivity contribution in [2.24, 2.45) is 0 Å². The first-order chi connectivity index (χ1) is 9.25. The Morgan fingerprint density at radius 1 is 1.37 bits per heavy atom. The molecule has 0 unspecified atom stereocenters. The average molecular weight is 274 g/mol. The Kier molecular flexibility index (Phi) is 4.87. The van der Waals surface area contributed by atoms with Gasteiger partial charge >= 0.3 is 0 Å². The van der Waals surface area contributed by atoms with Gasteiger partial charge in [-0.25, -0.2) is 0 Å². The van der Waals surface area contributed by atoms with Gasteiger partial charge in [-0.05, 0) is 12.1 Å². The van der Waals surface area contributed by atoms with E-state index >= 15 is 0 Å². The van der Waals surface area contributed by atoms with Gasteiger partial charge in [0, 0.05) is 5.56 Å². The van der Waals surface area contributed by atoms with Crippen LogP contribution in [0.2, 0.25) is 0 Å². The number of benzene rings is 1. The zero-order valence-electron chi connectivity index (χ0n) is 10.4. The van der Waals surface area contributed by atoms with Crippen LogP contribution in [0.5, 0.6) is 0 Å². The lowest BCUT2D eigenvalue weighted by Crippen LogP contribution is -2.38. The fraction of sp³-hybridized carbons (Fsp3) is 0.286. The highest BCUT2D eigenvalue weighted by Crippen LogP contribution is 2.13. The smallest absolute Gasteiger partial charge is 0.240 e. The number of nitrogens with one attached hydrogen (secondary N) is 1. The van der Waals surface area contributed by atoms with Gasteiger partial charge in [-0.2, -0.15) is 0 Å². The summed E-state index contributed by atoms with van der Waals surface area (Å²) >= 11 is 1.53. The molecular formula is C14H14N2O2S. The standard InChI is InChI=1S/C14H14N2O2S/c17-13(9-16-11-19-10-14(16)18)15-8-4-7-12-5-2-1-3-6-12/h1-3,5-6H,8-11H2,(H,15,17). The molecule has 0 atom stereocenters. The Bertz CT molecular complexity index is 519. The van der Waals surface area contributed by atoms with Crippen molar-refractivity contribution in [3.8, 4) is 11.8 Å². The lowest BCUT2D eigenvalue weighted by atomic mass is 10.2. The minimum atomic E-state index is -0.168. The van der Waals surface area contributed by atoms with E-state index in [1.807, 2.05) is 30.3 Å². The molecule has 2 rings (SSSR count). The van der Waals surface area contributed by atoms with Crippen LogP contribution in [-0.2, 0) is 9.59 Å². The summed E-state index contributed by atoms with van der Waals surface area (Å²) in [6, 6.07) is 9.58. The first kappa shape index (κ1) is 13.5. The molecule has 1 N–H and O–H groups in total. The van der Waals surface area contributed by atoms with Gasteiger partial charge in [0.1, 0.15) is 6.54 Å². The van der Waals surface area contributed by atoms with E-state index in [9.17, 15) is 9.59 Å². The lowest BCUT2D eigenvalue weighted by Gasteiger charge is -2.13. The summed E-state index contributed by atoms with van der Waals surface area (Å²) in [4.78, 5) is 24.4. The summed E-state index contributed by atoms with van der Waals surface area (Å²) in [5.41, 5.74) is 0.919. The predicted molar refractivity (Wildman–Crippen MR) is 75.4 cm³/mol. The third kappa shape index (κ3) is 4.34. The topological polar surface area (TPSA) is 49.4 Å². The van der Waals surface area contributed by atoms with Gasteiger partial charge in [-0.1, -0.05) is 30.0 Å². The van der Waals surface area contributed by atoms with Crippen LogP contribution in [0.1, 0.15) is 5.56 Å². The lowest BCUT2D eigenvalue weighted by molar-refractivity contribution is -0.132. The molecular weight excluding hydrogens is 260 g/mol. The second kappa shape index (κ2) is 6.86. The van der Waals surface area contributed by atoms with E-state index in [2.05, 4.69) is 17.2 Å². The first-order valence-electron chi connectivity index (χ1n) is 5.92. The van der Waals surface area contributed by atoms with Crippen molar-refractivity contribution in [1.82, 2.24) is 10.2 Å². The summed E-state index contributed by atoms with van der Waals surface area (Å²) in [7, 11) is 0. The van der Waals surface area contributed by atoms with Crippen LogP contribution < -0.4 is 5.32 Å². The van der Waals surface area contributed by atoms with E-state index in [0.29, 0.717) is 18.2 Å². The maximum atomic E-state index is 11.6. The molecule has 1 aliphatic heterocycles. The number of nitrogens with zero attached hydrogens (tertiary/aromatic N) is 1. The van der Waals surface area contributed by atoms with Crippen LogP contribution >= 0.6 is 11.8 Å². The second-order valence-electron chi connectivity index (χ2n) is 4.01. The molecule has 0 saturated carbocycles. The third-order valence-electron chi connectivity index (χ3n) is 2.54. The number of thioether (sulfide) groups is 1. The number of carbonyl (C=O) groups is 2. The molecule has 0 radical (unpaired) electrons. The summed E-state index contributed by atoms with van der Waals surface area (Å²) < 4.78 is 0. The van der Waals surface area contributed by atoms with Gasteiger partial charge in [-0.15, -0.1) is 11.8 Å². The van der Waals surface area contributed by atoms with E-state index < -0.39 is 0 Å². The van der Waals surface area contributed by atoms with E-state index in [4.69, 9.17) is 0 Å². The average Bonchev–Trinajstić information content (AvgIpc) is 2.82. The molecule has 0 spiro atoms. The van der Waals surface area contributed by atoms with Crippen molar-refractivity contribution >= 4 is 23.6 Å². The molecule has 1 aromatic carbocycles. The second-order valence-corrected chi connectivity index (χ2v) is 4.97. The van der Waals surface area contributed by atoms with Crippen molar-refractivity contribution in [3.63, 3.8) is 0 Å². The Labute approximate surface area is 116 Å². The van der Waals surface area contributed by atoms with E-state index in [-0.39, 0.29) is 18.4 Å². The number of hydrogen-bond acceptors (Lipinski definition) is 3. The zero-order chi connectivity index (χ0) is 13.5. The number of amides is 2. The summed E-state index contributed by atoms with van der Waals surface area (Å²) in [5, 5.41) is 2.68. The summed E-state index contributed by atoms with van der Waals surface area (Å²) in [5.74, 6) is 6.76. The highest BCUT2D eigenvalue weighted by Gasteiger charge is 2.22. The summed E-state index contributed by atoms with van der Waals surface area (Å²) in [6.45, 7) is 0.418. The molecule has 0 aliphatic carbocycles. The van der Waals surface area contributed by atoms with Crippen LogP contribution in [-0.4, -0.2) is 41.4 Å². The fourth-order valence-corrected chi connectivity index (χ4v) is 2.48. The van der Waals surface area contributed by atoms with E-state index in [0.717, 1.165) is 5.56 Å². The van der Waals surface area contributed by atoms with Crippen LogP contribution in [0.15, 0.2) is 30.3 Å². The van der Waals surface area contributed by atoms with E-state index in [1.54, 1.807) is 4.90 Å². The van der Waals surface area contributed by atoms with Gasteiger partial charge < -0.3 is 10.2 Å². The van der Waals surface area contributed by atoms with Crippen molar-refractivity contribution in [2.75, 3.05) is 24.7 Å². The number of rotatable bonds is 3. The molecule has 0 aromatic heterocycles. The minimum absolute atomic E-state index is 0.0236. The molecule has 1 fully saturated rings. The Balaban J connectivity index is 1.72. The van der Waals surface area contributed by atoms with Crippen molar-refractivity contribution in [2.45, 2.75) is 0 Å². The highest BCUT2D eigenvalue weighted by atomic mass is 32.2. The largest absolute Gasteiger partial charge is 0.344 e. The maximum Gasteiger partial charge on any atom is 0.240 e. The Hall–Kier alpha value is -1.93. The summed E-state index contributed by atoms with van der Waals surface area (Å²) in [6.07, 6.45) is 0. The van der Waals surface area contributed by atoms with Gasteiger partial charge in [0.25, 0.3) is 0 Å². The molecule has 2 amide bonds. The van der Waals surface area contributed by atoms with Crippen LogP contribution in [0, 0.1) is 11.8 Å². The van der Waals surface area contributed by atoms with Gasteiger partial charge in [-0.3, -0.25) is 9.59 Å². The van der Waals surface area contributed by atoms with Gasteiger partial charge in [0.05, 0.1) is 18.2 Å². The maximum absolute atomic E-state index is 11.6. The SMILES string of the molecule is O=C(CN1CSCC1=O)NCC#Cc1ccccc1. The molecule has 1 aliphatic rings. The number of hydrogen-bond donors (Lipinski definition) is 1. The third-order valence-corrected chi connectivity index (χ3v) is 3.49. The van der Waals surface area contributed by atoms with Gasteiger partial charge in [0.15, 0.2) is 0 Å². The van der Waals surface area contributed by atoms with Crippen molar-refractivity contribution in [1.29, 1.82) is 0 Å². The molecule has 5 heteroatoms. The molecule has 0 bridgehead atoms. The Morgan fingerprint density at radius 3 is 2.84 bits per heavy atom. The fourth-order valence-electron chi connectivity index (χ4n) is 1.58. The van der Waals surface area contributed by atoms with E-state index in [1.165, 1.54) is 11.8 Å². The molecule has 1 heterocycles. The van der Waals surface area contributed by atoms with Crippen molar-refractivity contribution < 1.29 is 9.59 Å². The molecule has 19 heavy (non-hydrogen) atoms. The quantitative estimate of drug-likeness (QED) is 0.825. The van der Waals surface area contributed by atoms with Crippen LogP contribution in [0.25, 0.3) is 0 Å².